The van der Waals surface area contributed by atoms with E-state index < -0.39 is 0 Å². The Bertz CT molecular complexity index is 704. The van der Waals surface area contributed by atoms with Crippen molar-refractivity contribution in [1.29, 1.82) is 0 Å². The van der Waals surface area contributed by atoms with E-state index in [1.807, 2.05) is 35.2 Å². The Balaban J connectivity index is 1.51. The molecule has 0 saturated carbocycles. The third-order valence-electron chi connectivity index (χ3n) is 4.79. The van der Waals surface area contributed by atoms with E-state index in [1.165, 1.54) is 11.1 Å². The summed E-state index contributed by atoms with van der Waals surface area (Å²) in [6, 6.07) is 16.4. The van der Waals surface area contributed by atoms with E-state index in [0.717, 1.165) is 44.0 Å². The van der Waals surface area contributed by atoms with Gasteiger partial charge >= 0.3 is 0 Å². The second-order valence-electron chi connectivity index (χ2n) is 6.63. The smallest absolute Gasteiger partial charge is 0.227 e. The van der Waals surface area contributed by atoms with Gasteiger partial charge in [0.2, 0.25) is 5.91 Å². The molecule has 1 fully saturated rings. The van der Waals surface area contributed by atoms with Gasteiger partial charge in [-0.25, -0.2) is 0 Å². The molecule has 1 aliphatic rings. The average Bonchev–Trinajstić information content (AvgIpc) is 2.64. The summed E-state index contributed by atoms with van der Waals surface area (Å²) in [5.74, 6) is 1.15. The van der Waals surface area contributed by atoms with Crippen molar-refractivity contribution >= 4 is 5.91 Å². The van der Waals surface area contributed by atoms with Crippen molar-refractivity contribution in [3.63, 3.8) is 0 Å². The van der Waals surface area contributed by atoms with Gasteiger partial charge in [-0.3, -0.25) is 9.69 Å². The number of rotatable bonds is 5. The first kappa shape index (κ1) is 17.5. The van der Waals surface area contributed by atoms with E-state index in [-0.39, 0.29) is 5.91 Å². The van der Waals surface area contributed by atoms with Gasteiger partial charge < -0.3 is 9.64 Å². The molecule has 0 radical (unpaired) electrons. The normalized spacial score (nSPS) is 15.2. The molecule has 132 valence electrons. The van der Waals surface area contributed by atoms with Gasteiger partial charge in [0.25, 0.3) is 0 Å². The van der Waals surface area contributed by atoms with Gasteiger partial charge in [-0.05, 0) is 18.6 Å². The Morgan fingerprint density at radius 2 is 1.68 bits per heavy atom. The number of methoxy groups -OCH3 is 1. The number of hydrogen-bond acceptors (Lipinski definition) is 3. The average molecular weight is 338 g/mol. The number of piperazine rings is 1. The summed E-state index contributed by atoms with van der Waals surface area (Å²) in [7, 11) is 1.71. The molecule has 1 aliphatic heterocycles. The topological polar surface area (TPSA) is 32.8 Å². The fourth-order valence-corrected chi connectivity index (χ4v) is 3.22. The zero-order valence-electron chi connectivity index (χ0n) is 15.1. The van der Waals surface area contributed by atoms with Gasteiger partial charge in [0.05, 0.1) is 13.5 Å². The molecule has 0 N–H and O–H groups in total. The number of benzene rings is 2. The molecule has 0 aliphatic carbocycles. The lowest BCUT2D eigenvalue weighted by Gasteiger charge is -2.35. The molecule has 0 bridgehead atoms. The first-order chi connectivity index (χ1) is 12.2. The number of carbonyl (C=O) groups is 1. The van der Waals surface area contributed by atoms with E-state index in [4.69, 9.17) is 4.74 Å². The third-order valence-corrected chi connectivity index (χ3v) is 4.79. The predicted octanol–water partition coefficient (Wildman–Crippen LogP) is 2.89. The number of amides is 1. The second-order valence-corrected chi connectivity index (χ2v) is 6.63. The van der Waals surface area contributed by atoms with Crippen LogP contribution in [0.15, 0.2) is 48.5 Å². The highest BCUT2D eigenvalue weighted by Gasteiger charge is 2.21. The molecule has 0 aromatic heterocycles. The minimum atomic E-state index is 0.223. The largest absolute Gasteiger partial charge is 0.496 e. The molecule has 1 saturated heterocycles. The Kier molecular flexibility index (Phi) is 5.71. The molecule has 2 aromatic carbocycles. The molecule has 2 aromatic rings. The van der Waals surface area contributed by atoms with Crippen molar-refractivity contribution < 1.29 is 9.53 Å². The number of ether oxygens (including phenoxy) is 1. The van der Waals surface area contributed by atoms with Crippen LogP contribution in [0.2, 0.25) is 0 Å². The summed E-state index contributed by atoms with van der Waals surface area (Å²) >= 11 is 0. The summed E-state index contributed by atoms with van der Waals surface area (Å²) in [6.07, 6.45) is 0.493. The van der Waals surface area contributed by atoms with Crippen LogP contribution in [0, 0.1) is 6.92 Å². The van der Waals surface area contributed by atoms with Crippen LogP contribution in [-0.4, -0.2) is 49.0 Å². The highest BCUT2D eigenvalue weighted by molar-refractivity contribution is 5.78. The first-order valence-electron chi connectivity index (χ1n) is 8.83. The van der Waals surface area contributed by atoms with Crippen molar-refractivity contribution in [3.05, 3.63) is 65.2 Å². The molecule has 0 unspecified atom stereocenters. The Morgan fingerprint density at radius 3 is 2.36 bits per heavy atom. The number of para-hydroxylation sites is 1. The van der Waals surface area contributed by atoms with E-state index in [2.05, 4.69) is 30.0 Å². The van der Waals surface area contributed by atoms with Crippen LogP contribution in [0.25, 0.3) is 0 Å². The summed E-state index contributed by atoms with van der Waals surface area (Å²) in [4.78, 5) is 16.9. The van der Waals surface area contributed by atoms with Gasteiger partial charge in [0.1, 0.15) is 5.75 Å². The van der Waals surface area contributed by atoms with Crippen LogP contribution in [0.1, 0.15) is 16.7 Å². The summed E-state index contributed by atoms with van der Waals surface area (Å²) in [5.41, 5.74) is 3.51. The van der Waals surface area contributed by atoms with Gasteiger partial charge in [-0.1, -0.05) is 48.0 Å². The Hall–Kier alpha value is -2.33. The highest BCUT2D eigenvalue weighted by Crippen LogP contribution is 2.20. The Morgan fingerprint density at radius 1 is 1.00 bits per heavy atom. The molecule has 0 atom stereocenters. The van der Waals surface area contributed by atoms with Crippen LogP contribution in [0.5, 0.6) is 5.75 Å². The van der Waals surface area contributed by atoms with Gasteiger partial charge in [-0.2, -0.15) is 0 Å². The van der Waals surface area contributed by atoms with Crippen LogP contribution in [0.3, 0.4) is 0 Å². The van der Waals surface area contributed by atoms with Crippen molar-refractivity contribution in [2.75, 3.05) is 33.3 Å². The zero-order valence-corrected chi connectivity index (χ0v) is 15.1. The maximum Gasteiger partial charge on any atom is 0.227 e. The number of aryl methyl sites for hydroxylation is 1. The van der Waals surface area contributed by atoms with Crippen molar-refractivity contribution in [3.8, 4) is 5.75 Å². The van der Waals surface area contributed by atoms with E-state index in [1.54, 1.807) is 7.11 Å². The first-order valence-corrected chi connectivity index (χ1v) is 8.83. The highest BCUT2D eigenvalue weighted by atomic mass is 16.5. The molecule has 1 heterocycles. The molecule has 4 nitrogen and oxygen atoms in total. The molecule has 4 heteroatoms. The lowest BCUT2D eigenvalue weighted by molar-refractivity contribution is -0.132. The predicted molar refractivity (Wildman–Crippen MR) is 99.7 cm³/mol. The van der Waals surface area contributed by atoms with Crippen molar-refractivity contribution in [2.24, 2.45) is 0 Å². The van der Waals surface area contributed by atoms with Crippen LogP contribution < -0.4 is 4.74 Å². The molecule has 25 heavy (non-hydrogen) atoms. The quantitative estimate of drug-likeness (QED) is 0.840. The third kappa shape index (κ3) is 4.60. The fourth-order valence-electron chi connectivity index (χ4n) is 3.22. The second kappa shape index (κ2) is 8.17. The molecule has 0 spiro atoms. The molecular formula is C21H26N2O2. The molecule has 3 rings (SSSR count). The van der Waals surface area contributed by atoms with E-state index in [9.17, 15) is 4.79 Å². The SMILES string of the molecule is COc1ccccc1CN1CCN(C(=O)Cc2ccc(C)cc2)CC1. The fraction of sp³-hybridized carbons (Fsp3) is 0.381. The number of hydrogen-bond donors (Lipinski definition) is 0. The van der Waals surface area contributed by atoms with E-state index in [0.29, 0.717) is 6.42 Å². The van der Waals surface area contributed by atoms with Gasteiger partial charge in [0, 0.05) is 38.3 Å². The maximum atomic E-state index is 12.5. The van der Waals surface area contributed by atoms with Crippen molar-refractivity contribution in [2.45, 2.75) is 19.9 Å². The van der Waals surface area contributed by atoms with E-state index >= 15 is 0 Å². The number of carbonyl (C=O) groups excluding carboxylic acids is 1. The minimum Gasteiger partial charge on any atom is -0.496 e. The maximum absolute atomic E-state index is 12.5. The summed E-state index contributed by atoms with van der Waals surface area (Å²) in [5, 5.41) is 0. The lowest BCUT2D eigenvalue weighted by atomic mass is 10.1. The zero-order chi connectivity index (χ0) is 17.6. The minimum absolute atomic E-state index is 0.223. The molecule has 1 amide bonds. The van der Waals surface area contributed by atoms with Gasteiger partial charge in [0.15, 0.2) is 0 Å². The Labute approximate surface area is 150 Å². The van der Waals surface area contributed by atoms with Crippen LogP contribution in [-0.2, 0) is 17.8 Å². The van der Waals surface area contributed by atoms with Crippen LogP contribution in [0.4, 0.5) is 0 Å². The lowest BCUT2D eigenvalue weighted by Crippen LogP contribution is -2.48. The summed E-state index contributed by atoms with van der Waals surface area (Å²) < 4.78 is 5.43. The number of nitrogens with zero attached hydrogens (tertiary/aromatic N) is 2. The molecular weight excluding hydrogens is 312 g/mol. The standard InChI is InChI=1S/C21H26N2O2/c1-17-7-9-18(10-8-17)15-21(24)23-13-11-22(12-14-23)16-19-5-3-4-6-20(19)25-2/h3-10H,11-16H2,1-2H3. The monoisotopic (exact) mass is 338 g/mol. The van der Waals surface area contributed by atoms with Crippen LogP contribution >= 0.6 is 0 Å². The van der Waals surface area contributed by atoms with Gasteiger partial charge in [-0.15, -0.1) is 0 Å². The summed E-state index contributed by atoms with van der Waals surface area (Å²) in [6.45, 7) is 6.31. The van der Waals surface area contributed by atoms with Crippen molar-refractivity contribution in [1.82, 2.24) is 9.80 Å².